The molecule has 0 aliphatic carbocycles. The molecule has 1 heterocycles. The highest BCUT2D eigenvalue weighted by atomic mass is 16.5. The number of ether oxygens (including phenoxy) is 1. The van der Waals surface area contributed by atoms with Crippen molar-refractivity contribution in [2.24, 2.45) is 0 Å². The van der Waals surface area contributed by atoms with Gasteiger partial charge in [-0.05, 0) is 18.1 Å². The second kappa shape index (κ2) is 2.46. The molecule has 62 valence electrons. The van der Waals surface area contributed by atoms with Crippen LogP contribution >= 0.6 is 0 Å². The van der Waals surface area contributed by atoms with Crippen LogP contribution in [0.15, 0.2) is 36.9 Å². The number of hydrogen-bond acceptors (Lipinski definition) is 1. The molecule has 1 aromatic rings. The van der Waals surface area contributed by atoms with Crippen molar-refractivity contribution in [1.82, 2.24) is 0 Å². The van der Waals surface area contributed by atoms with E-state index in [2.05, 4.69) is 18.7 Å². The summed E-state index contributed by atoms with van der Waals surface area (Å²) in [5, 5.41) is 0. The minimum Gasteiger partial charge on any atom is -0.362 e. The Kier molecular flexibility index (Phi) is 1.55. The van der Waals surface area contributed by atoms with Gasteiger partial charge in [0.15, 0.2) is 0 Å². The fourth-order valence-corrected chi connectivity index (χ4v) is 1.60. The van der Waals surface area contributed by atoms with Crippen molar-refractivity contribution < 1.29 is 4.74 Å². The Morgan fingerprint density at radius 2 is 2.25 bits per heavy atom. The van der Waals surface area contributed by atoms with Gasteiger partial charge in [0.05, 0.1) is 6.61 Å². The highest BCUT2D eigenvalue weighted by molar-refractivity contribution is 5.37. The number of rotatable bonds is 1. The van der Waals surface area contributed by atoms with E-state index in [0.29, 0.717) is 6.61 Å². The lowest BCUT2D eigenvalue weighted by atomic mass is 9.95. The van der Waals surface area contributed by atoms with Crippen molar-refractivity contribution in [3.05, 3.63) is 48.0 Å². The molecule has 0 bridgehead atoms. The van der Waals surface area contributed by atoms with Crippen molar-refractivity contribution in [3.63, 3.8) is 0 Å². The van der Waals surface area contributed by atoms with Crippen LogP contribution in [0.25, 0.3) is 0 Å². The largest absolute Gasteiger partial charge is 0.362 e. The molecule has 0 radical (unpaired) electrons. The first-order chi connectivity index (χ1) is 5.76. The Hall–Kier alpha value is -1.08. The Balaban J connectivity index is 2.56. The van der Waals surface area contributed by atoms with E-state index in [1.807, 2.05) is 25.1 Å². The highest BCUT2D eigenvalue weighted by Gasteiger charge is 2.31. The fourth-order valence-electron chi connectivity index (χ4n) is 1.60. The van der Waals surface area contributed by atoms with E-state index in [4.69, 9.17) is 4.74 Å². The van der Waals surface area contributed by atoms with E-state index >= 15 is 0 Å². The Bertz CT molecular complexity index is 317. The molecule has 0 spiro atoms. The monoisotopic (exact) mass is 160 g/mol. The van der Waals surface area contributed by atoms with Gasteiger partial charge in [0, 0.05) is 0 Å². The maximum Gasteiger partial charge on any atom is 0.109 e. The van der Waals surface area contributed by atoms with Gasteiger partial charge in [0.1, 0.15) is 5.60 Å². The third-order valence-corrected chi connectivity index (χ3v) is 2.47. The van der Waals surface area contributed by atoms with E-state index in [1.54, 1.807) is 0 Å². The summed E-state index contributed by atoms with van der Waals surface area (Å²) in [4.78, 5) is 0. The van der Waals surface area contributed by atoms with Gasteiger partial charge in [0.25, 0.3) is 0 Å². The summed E-state index contributed by atoms with van der Waals surface area (Å²) < 4.78 is 5.64. The summed E-state index contributed by atoms with van der Waals surface area (Å²) in [5.74, 6) is 0. The molecule has 12 heavy (non-hydrogen) atoms. The molecule has 1 unspecified atom stereocenters. The van der Waals surface area contributed by atoms with Gasteiger partial charge >= 0.3 is 0 Å². The molecule has 1 aromatic carbocycles. The summed E-state index contributed by atoms with van der Waals surface area (Å²) in [5.41, 5.74) is 2.26. The van der Waals surface area contributed by atoms with E-state index in [9.17, 15) is 0 Å². The second-order valence-electron chi connectivity index (χ2n) is 3.26. The first kappa shape index (κ1) is 7.56. The molecular weight excluding hydrogens is 148 g/mol. The Morgan fingerprint density at radius 3 is 3.00 bits per heavy atom. The van der Waals surface area contributed by atoms with Gasteiger partial charge in [-0.3, -0.25) is 0 Å². The molecule has 1 aliphatic heterocycles. The first-order valence-electron chi connectivity index (χ1n) is 4.12. The predicted octanol–water partition coefficient (Wildman–Crippen LogP) is 2.62. The second-order valence-corrected chi connectivity index (χ2v) is 3.26. The molecule has 0 fully saturated rings. The lowest BCUT2D eigenvalue weighted by Crippen LogP contribution is -2.16. The average molecular weight is 160 g/mol. The Labute approximate surface area is 72.7 Å². The smallest absolute Gasteiger partial charge is 0.109 e. The van der Waals surface area contributed by atoms with E-state index in [-0.39, 0.29) is 5.60 Å². The van der Waals surface area contributed by atoms with Gasteiger partial charge in [0.2, 0.25) is 0 Å². The van der Waals surface area contributed by atoms with Crippen LogP contribution in [0.1, 0.15) is 18.1 Å². The SMILES string of the molecule is C=CC1(C)OCc2ccccc21. The zero-order chi connectivity index (χ0) is 8.60. The number of benzene rings is 1. The lowest BCUT2D eigenvalue weighted by molar-refractivity contribution is 0.0162. The molecule has 1 nitrogen and oxygen atoms in total. The summed E-state index contributed by atoms with van der Waals surface area (Å²) >= 11 is 0. The normalized spacial score (nSPS) is 26.8. The van der Waals surface area contributed by atoms with Gasteiger partial charge in [-0.15, -0.1) is 0 Å². The predicted molar refractivity (Wildman–Crippen MR) is 48.8 cm³/mol. The van der Waals surface area contributed by atoms with Gasteiger partial charge in [-0.2, -0.15) is 0 Å². The zero-order valence-corrected chi connectivity index (χ0v) is 7.21. The molecule has 1 heteroatoms. The molecule has 0 aromatic heterocycles. The van der Waals surface area contributed by atoms with Crippen molar-refractivity contribution in [2.45, 2.75) is 19.1 Å². The molecular formula is C11H12O. The van der Waals surface area contributed by atoms with Crippen molar-refractivity contribution in [3.8, 4) is 0 Å². The van der Waals surface area contributed by atoms with Crippen LogP contribution in [0.4, 0.5) is 0 Å². The van der Waals surface area contributed by atoms with Gasteiger partial charge in [-0.25, -0.2) is 0 Å². The maximum atomic E-state index is 5.64. The van der Waals surface area contributed by atoms with Gasteiger partial charge in [-0.1, -0.05) is 36.9 Å². The summed E-state index contributed by atoms with van der Waals surface area (Å²) in [6, 6.07) is 8.28. The van der Waals surface area contributed by atoms with E-state index < -0.39 is 0 Å². The van der Waals surface area contributed by atoms with Crippen molar-refractivity contribution >= 4 is 0 Å². The van der Waals surface area contributed by atoms with E-state index in [0.717, 1.165) is 0 Å². The standard InChI is InChI=1S/C11H12O/c1-3-11(2)10-7-5-4-6-9(10)8-12-11/h3-7H,1,8H2,2H3. The Morgan fingerprint density at radius 1 is 1.50 bits per heavy atom. The summed E-state index contributed by atoms with van der Waals surface area (Å²) in [6.45, 7) is 6.54. The molecule has 2 rings (SSSR count). The first-order valence-corrected chi connectivity index (χ1v) is 4.12. The molecule has 1 aliphatic rings. The van der Waals surface area contributed by atoms with Crippen LogP contribution in [-0.4, -0.2) is 0 Å². The zero-order valence-electron chi connectivity index (χ0n) is 7.21. The van der Waals surface area contributed by atoms with Gasteiger partial charge < -0.3 is 4.74 Å². The minimum atomic E-state index is -0.267. The lowest BCUT2D eigenvalue weighted by Gasteiger charge is -2.19. The molecule has 0 N–H and O–H groups in total. The summed E-state index contributed by atoms with van der Waals surface area (Å²) in [6.07, 6.45) is 1.86. The maximum absolute atomic E-state index is 5.64. The number of hydrogen-bond donors (Lipinski definition) is 0. The summed E-state index contributed by atoms with van der Waals surface area (Å²) in [7, 11) is 0. The molecule has 1 atom stereocenters. The van der Waals surface area contributed by atoms with Crippen LogP contribution in [-0.2, 0) is 16.9 Å². The average Bonchev–Trinajstić information content (AvgIpc) is 2.46. The molecule has 0 amide bonds. The fraction of sp³-hybridized carbons (Fsp3) is 0.273. The quantitative estimate of drug-likeness (QED) is 0.574. The van der Waals surface area contributed by atoms with E-state index in [1.165, 1.54) is 11.1 Å². The van der Waals surface area contributed by atoms with Crippen molar-refractivity contribution in [1.29, 1.82) is 0 Å². The third kappa shape index (κ3) is 0.901. The molecule has 0 saturated carbocycles. The van der Waals surface area contributed by atoms with Crippen LogP contribution in [0.5, 0.6) is 0 Å². The van der Waals surface area contributed by atoms with Crippen LogP contribution in [0.3, 0.4) is 0 Å². The minimum absolute atomic E-state index is 0.267. The number of fused-ring (bicyclic) bond motifs is 1. The third-order valence-electron chi connectivity index (χ3n) is 2.47. The highest BCUT2D eigenvalue weighted by Crippen LogP contribution is 2.36. The van der Waals surface area contributed by atoms with Crippen molar-refractivity contribution in [2.75, 3.05) is 0 Å². The molecule has 0 saturated heterocycles. The van der Waals surface area contributed by atoms with Crippen LogP contribution in [0, 0.1) is 0 Å². The van der Waals surface area contributed by atoms with Crippen LogP contribution in [0.2, 0.25) is 0 Å². The topological polar surface area (TPSA) is 9.23 Å². The van der Waals surface area contributed by atoms with Crippen LogP contribution < -0.4 is 0 Å².